The van der Waals surface area contributed by atoms with E-state index in [0.29, 0.717) is 22.8 Å². The van der Waals surface area contributed by atoms with Crippen LogP contribution in [0.5, 0.6) is 0 Å². The van der Waals surface area contributed by atoms with Crippen molar-refractivity contribution in [3.63, 3.8) is 0 Å². The van der Waals surface area contributed by atoms with Crippen LogP contribution in [0.15, 0.2) is 66.0 Å². The summed E-state index contributed by atoms with van der Waals surface area (Å²) < 4.78 is 7.82. The molecule has 1 atom stereocenters. The summed E-state index contributed by atoms with van der Waals surface area (Å²) in [4.78, 5) is 24.8. The van der Waals surface area contributed by atoms with Crippen LogP contribution in [-0.2, 0) is 11.3 Å². The zero-order valence-electron chi connectivity index (χ0n) is 17.1. The maximum atomic E-state index is 13.2. The Hall–Kier alpha value is -3.09. The predicted molar refractivity (Wildman–Crippen MR) is 124 cm³/mol. The first-order valence-electron chi connectivity index (χ1n) is 9.76. The average molecular weight is 453 g/mol. The van der Waals surface area contributed by atoms with Gasteiger partial charge in [0.15, 0.2) is 0 Å². The molecule has 0 saturated carbocycles. The lowest BCUT2D eigenvalue weighted by Gasteiger charge is -2.16. The maximum absolute atomic E-state index is 13.2. The Kier molecular flexibility index (Phi) is 6.11. The normalized spacial score (nSPS) is 12.0. The van der Waals surface area contributed by atoms with Crippen LogP contribution in [0.1, 0.15) is 44.9 Å². The second kappa shape index (κ2) is 8.96. The highest BCUT2D eigenvalue weighted by atomic mass is 35.5. The van der Waals surface area contributed by atoms with Gasteiger partial charge in [-0.25, -0.2) is 4.79 Å². The van der Waals surface area contributed by atoms with Crippen molar-refractivity contribution in [1.82, 2.24) is 9.88 Å². The molecule has 4 aromatic rings. The van der Waals surface area contributed by atoms with Gasteiger partial charge in [-0.15, -0.1) is 11.3 Å². The van der Waals surface area contributed by atoms with E-state index < -0.39 is 0 Å². The van der Waals surface area contributed by atoms with Gasteiger partial charge in [-0.3, -0.25) is 4.79 Å². The first kappa shape index (κ1) is 21.2. The van der Waals surface area contributed by atoms with Crippen LogP contribution < -0.4 is 5.32 Å². The molecule has 2 heterocycles. The monoisotopic (exact) mass is 452 g/mol. The number of nitrogens with one attached hydrogen (secondary N) is 1. The highest BCUT2D eigenvalue weighted by Crippen LogP contribution is 2.27. The molecular weight excluding hydrogens is 432 g/mol. The number of benzene rings is 2. The first-order valence-corrected chi connectivity index (χ1v) is 11.0. The van der Waals surface area contributed by atoms with E-state index >= 15 is 0 Å². The first-order chi connectivity index (χ1) is 15.0. The number of esters is 1. The van der Waals surface area contributed by atoms with Crippen LogP contribution in [0.3, 0.4) is 0 Å². The highest BCUT2D eigenvalue weighted by Gasteiger charge is 2.19. The van der Waals surface area contributed by atoms with Crippen molar-refractivity contribution >= 4 is 45.0 Å². The fraction of sp³-hybridized carbons (Fsp3) is 0.167. The third-order valence-electron chi connectivity index (χ3n) is 5.19. The molecule has 7 heteroatoms. The molecule has 2 aromatic heterocycles. The number of carbonyl (C=O) groups excluding carboxylic acids is 2. The Morgan fingerprint density at radius 2 is 1.81 bits per heavy atom. The Morgan fingerprint density at radius 1 is 1.10 bits per heavy atom. The summed E-state index contributed by atoms with van der Waals surface area (Å²) in [6.07, 6.45) is 0. The number of amides is 1. The Bertz CT molecular complexity index is 1230. The van der Waals surface area contributed by atoms with Gasteiger partial charge in [0.1, 0.15) is 5.69 Å². The summed E-state index contributed by atoms with van der Waals surface area (Å²) in [6.45, 7) is 2.49. The van der Waals surface area contributed by atoms with E-state index in [0.717, 1.165) is 21.3 Å². The Labute approximate surface area is 189 Å². The zero-order chi connectivity index (χ0) is 22.0. The quantitative estimate of drug-likeness (QED) is 0.383. The van der Waals surface area contributed by atoms with Gasteiger partial charge >= 0.3 is 5.97 Å². The van der Waals surface area contributed by atoms with Gasteiger partial charge in [-0.1, -0.05) is 35.9 Å². The lowest BCUT2D eigenvalue weighted by Crippen LogP contribution is -2.28. The van der Waals surface area contributed by atoms with Crippen molar-refractivity contribution in [3.8, 4) is 0 Å². The molecule has 0 unspecified atom stereocenters. The standard InChI is InChI=1S/C24H21ClN2O3S/c1-15(17-5-7-18(8-6-17)24(29)30-2)26-23(28)21-13-22-20(11-12-31-22)27(21)14-16-3-9-19(25)10-4-16/h3-13,15H,14H2,1-2H3,(H,26,28)/t15-/m0/s1. The molecule has 0 spiro atoms. The van der Waals surface area contributed by atoms with E-state index in [9.17, 15) is 9.59 Å². The number of aromatic nitrogens is 1. The molecule has 5 nitrogen and oxygen atoms in total. The number of rotatable bonds is 6. The number of nitrogens with zero attached hydrogens (tertiary/aromatic N) is 1. The fourth-order valence-corrected chi connectivity index (χ4v) is 4.44. The molecule has 0 fully saturated rings. The third kappa shape index (κ3) is 4.50. The van der Waals surface area contributed by atoms with E-state index in [1.54, 1.807) is 23.5 Å². The van der Waals surface area contributed by atoms with E-state index in [4.69, 9.17) is 16.3 Å². The van der Waals surface area contributed by atoms with Crippen LogP contribution >= 0.6 is 22.9 Å². The number of thiophene rings is 1. The highest BCUT2D eigenvalue weighted by molar-refractivity contribution is 7.17. The largest absolute Gasteiger partial charge is 0.465 e. The molecule has 0 aliphatic carbocycles. The van der Waals surface area contributed by atoms with Gasteiger partial charge in [0, 0.05) is 11.6 Å². The smallest absolute Gasteiger partial charge is 0.337 e. The van der Waals surface area contributed by atoms with E-state index in [-0.39, 0.29) is 17.9 Å². The SMILES string of the molecule is COC(=O)c1ccc([C@H](C)NC(=O)c2cc3sccc3n2Cc2ccc(Cl)cc2)cc1. The minimum absolute atomic E-state index is 0.151. The average Bonchev–Trinajstić information content (AvgIpc) is 3.37. The number of methoxy groups -OCH3 is 1. The number of ether oxygens (including phenoxy) is 1. The summed E-state index contributed by atoms with van der Waals surface area (Å²) in [7, 11) is 1.35. The molecule has 158 valence electrons. The molecule has 1 N–H and O–H groups in total. The molecule has 2 aromatic carbocycles. The molecule has 0 aliphatic rings. The molecule has 0 aliphatic heterocycles. The predicted octanol–water partition coefficient (Wildman–Crippen LogP) is 5.68. The molecule has 31 heavy (non-hydrogen) atoms. The van der Waals surface area contributed by atoms with Crippen molar-refractivity contribution in [2.45, 2.75) is 19.5 Å². The van der Waals surface area contributed by atoms with Gasteiger partial charge in [0.25, 0.3) is 5.91 Å². The summed E-state index contributed by atoms with van der Waals surface area (Å²) in [5.41, 5.74) is 4.07. The van der Waals surface area contributed by atoms with Crippen LogP contribution in [0.2, 0.25) is 5.02 Å². The molecular formula is C24H21ClN2O3S. The van der Waals surface area contributed by atoms with Gasteiger partial charge in [0.05, 0.1) is 28.9 Å². The van der Waals surface area contributed by atoms with Crippen LogP contribution in [-0.4, -0.2) is 23.6 Å². The number of halogens is 1. The van der Waals surface area contributed by atoms with E-state index in [2.05, 4.69) is 5.32 Å². The maximum Gasteiger partial charge on any atom is 0.337 e. The molecule has 1 amide bonds. The number of hydrogen-bond donors (Lipinski definition) is 1. The second-order valence-corrected chi connectivity index (χ2v) is 8.61. The zero-order valence-corrected chi connectivity index (χ0v) is 18.7. The van der Waals surface area contributed by atoms with Crippen molar-refractivity contribution < 1.29 is 14.3 Å². The molecule has 0 bridgehead atoms. The van der Waals surface area contributed by atoms with Crippen molar-refractivity contribution in [3.05, 3.63) is 93.5 Å². The van der Waals surface area contributed by atoms with E-state index in [1.807, 2.05) is 65.4 Å². The molecule has 0 saturated heterocycles. The fourth-order valence-electron chi connectivity index (χ4n) is 3.49. The topological polar surface area (TPSA) is 60.3 Å². The van der Waals surface area contributed by atoms with Crippen LogP contribution in [0, 0.1) is 0 Å². The molecule has 0 radical (unpaired) electrons. The Balaban J connectivity index is 1.56. The van der Waals surface area contributed by atoms with Crippen molar-refractivity contribution in [1.29, 1.82) is 0 Å². The number of fused-ring (bicyclic) bond motifs is 1. The van der Waals surface area contributed by atoms with Crippen LogP contribution in [0.4, 0.5) is 0 Å². The van der Waals surface area contributed by atoms with Crippen molar-refractivity contribution in [2.75, 3.05) is 7.11 Å². The summed E-state index contributed by atoms with van der Waals surface area (Å²) in [5, 5.41) is 5.78. The summed E-state index contributed by atoms with van der Waals surface area (Å²) in [6, 6.07) is 18.4. The van der Waals surface area contributed by atoms with Gasteiger partial charge in [0.2, 0.25) is 0 Å². The molecule has 4 rings (SSSR count). The van der Waals surface area contributed by atoms with Crippen LogP contribution in [0.25, 0.3) is 10.2 Å². The lowest BCUT2D eigenvalue weighted by molar-refractivity contribution is 0.0600. The second-order valence-electron chi connectivity index (χ2n) is 7.22. The summed E-state index contributed by atoms with van der Waals surface area (Å²) in [5.74, 6) is -0.537. The number of hydrogen-bond acceptors (Lipinski definition) is 4. The Morgan fingerprint density at radius 3 is 2.48 bits per heavy atom. The minimum atomic E-state index is -0.386. The third-order valence-corrected chi connectivity index (χ3v) is 6.29. The minimum Gasteiger partial charge on any atom is -0.465 e. The lowest BCUT2D eigenvalue weighted by atomic mass is 10.1. The van der Waals surface area contributed by atoms with Gasteiger partial charge in [-0.2, -0.15) is 0 Å². The number of carbonyl (C=O) groups is 2. The van der Waals surface area contributed by atoms with Gasteiger partial charge in [-0.05, 0) is 59.8 Å². The van der Waals surface area contributed by atoms with Gasteiger partial charge < -0.3 is 14.6 Å². The summed E-state index contributed by atoms with van der Waals surface area (Å²) >= 11 is 7.62. The van der Waals surface area contributed by atoms with E-state index in [1.165, 1.54) is 7.11 Å². The van der Waals surface area contributed by atoms with Crippen molar-refractivity contribution in [2.24, 2.45) is 0 Å².